The zero-order valence-corrected chi connectivity index (χ0v) is 15.8. The summed E-state index contributed by atoms with van der Waals surface area (Å²) in [7, 11) is -2.30. The summed E-state index contributed by atoms with van der Waals surface area (Å²) in [5.41, 5.74) is 0.509. The van der Waals surface area contributed by atoms with E-state index >= 15 is 0 Å². The molecule has 0 aliphatic carbocycles. The number of hydrogen-bond acceptors (Lipinski definition) is 6. The summed E-state index contributed by atoms with van der Waals surface area (Å²) < 4.78 is 31.4. The number of nitriles is 1. The average molecular weight is 393 g/mol. The number of benzene rings is 1. The summed E-state index contributed by atoms with van der Waals surface area (Å²) in [6.45, 7) is 0.111. The molecule has 0 aliphatic heterocycles. The normalized spacial score (nSPS) is 11.1. The topological polar surface area (TPSA) is 99.5 Å². The lowest BCUT2D eigenvalue weighted by Crippen LogP contribution is -2.34. The van der Waals surface area contributed by atoms with E-state index in [2.05, 4.69) is 5.32 Å². The number of nitrogens with one attached hydrogen (secondary N) is 1. The van der Waals surface area contributed by atoms with Crippen LogP contribution in [0.25, 0.3) is 0 Å². The Morgan fingerprint density at radius 1 is 1.35 bits per heavy atom. The average Bonchev–Trinajstić information content (AvgIpc) is 3.14. The van der Waals surface area contributed by atoms with Gasteiger partial charge in [0.15, 0.2) is 0 Å². The molecule has 9 heteroatoms. The second-order valence-electron chi connectivity index (χ2n) is 5.38. The number of sulfonamides is 1. The quantitative estimate of drug-likeness (QED) is 0.660. The van der Waals surface area contributed by atoms with Gasteiger partial charge in [0.05, 0.1) is 19.2 Å². The van der Waals surface area contributed by atoms with Crippen molar-refractivity contribution in [1.82, 2.24) is 4.31 Å². The molecule has 0 unspecified atom stereocenters. The number of carbonyl (C=O) groups is 1. The first-order valence-electron chi connectivity index (χ1n) is 7.83. The Labute approximate surface area is 156 Å². The fraction of sp³-hybridized carbons (Fsp3) is 0.294. The van der Waals surface area contributed by atoms with Crippen LogP contribution in [0.2, 0.25) is 0 Å². The minimum atomic E-state index is -3.67. The predicted molar refractivity (Wildman–Crippen MR) is 99.5 cm³/mol. The van der Waals surface area contributed by atoms with Crippen molar-refractivity contribution in [3.8, 4) is 11.8 Å². The highest BCUT2D eigenvalue weighted by Gasteiger charge is 2.23. The van der Waals surface area contributed by atoms with Crippen molar-refractivity contribution in [2.45, 2.75) is 17.1 Å². The van der Waals surface area contributed by atoms with Gasteiger partial charge in [-0.3, -0.25) is 4.79 Å². The van der Waals surface area contributed by atoms with E-state index in [9.17, 15) is 13.2 Å². The molecule has 0 atom stereocenters. The monoisotopic (exact) mass is 393 g/mol. The summed E-state index contributed by atoms with van der Waals surface area (Å²) in [6.07, 6.45) is 1.04. The van der Waals surface area contributed by atoms with E-state index in [4.69, 9.17) is 10.00 Å². The minimum absolute atomic E-state index is 0.195. The number of rotatable bonds is 9. The first-order valence-corrected chi connectivity index (χ1v) is 10.1. The van der Waals surface area contributed by atoms with Crippen molar-refractivity contribution in [2.75, 3.05) is 25.5 Å². The van der Waals surface area contributed by atoms with Crippen molar-refractivity contribution in [2.24, 2.45) is 0 Å². The van der Waals surface area contributed by atoms with Crippen molar-refractivity contribution in [3.05, 3.63) is 41.8 Å². The predicted octanol–water partition coefficient (Wildman–Crippen LogP) is 2.69. The van der Waals surface area contributed by atoms with Gasteiger partial charge in [-0.15, -0.1) is 11.3 Å². The van der Waals surface area contributed by atoms with Crippen LogP contribution in [0.3, 0.4) is 0 Å². The van der Waals surface area contributed by atoms with Crippen molar-refractivity contribution < 1.29 is 17.9 Å². The van der Waals surface area contributed by atoms with Gasteiger partial charge in [0.1, 0.15) is 9.96 Å². The molecule has 1 heterocycles. The molecule has 0 saturated heterocycles. The lowest BCUT2D eigenvalue weighted by Gasteiger charge is -2.16. The smallest absolute Gasteiger partial charge is 0.252 e. The molecule has 2 rings (SSSR count). The van der Waals surface area contributed by atoms with Crippen LogP contribution in [0.1, 0.15) is 12.8 Å². The van der Waals surface area contributed by atoms with E-state index in [1.807, 2.05) is 6.07 Å². The van der Waals surface area contributed by atoms with Gasteiger partial charge in [-0.25, -0.2) is 8.42 Å². The number of likely N-dealkylation sites (N-methyl/N-ethyl adjacent to an activating group) is 1. The molecule has 26 heavy (non-hydrogen) atoms. The van der Waals surface area contributed by atoms with E-state index in [0.717, 1.165) is 15.6 Å². The fourth-order valence-electron chi connectivity index (χ4n) is 2.06. The Morgan fingerprint density at radius 2 is 2.15 bits per heavy atom. The lowest BCUT2D eigenvalue weighted by atomic mass is 10.3. The van der Waals surface area contributed by atoms with Crippen LogP contribution < -0.4 is 10.1 Å². The SMILES string of the molecule is CN(CC(=O)Nc1cccc(OCCCC#N)c1)S(=O)(=O)c1cccs1. The highest BCUT2D eigenvalue weighted by molar-refractivity contribution is 7.91. The van der Waals surface area contributed by atoms with Crippen molar-refractivity contribution in [3.63, 3.8) is 0 Å². The molecule has 0 fully saturated rings. The summed E-state index contributed by atoms with van der Waals surface area (Å²) in [6, 6.07) is 12.0. The molecule has 138 valence electrons. The van der Waals surface area contributed by atoms with E-state index < -0.39 is 15.9 Å². The zero-order chi connectivity index (χ0) is 19.0. The van der Waals surface area contributed by atoms with Crippen molar-refractivity contribution in [1.29, 1.82) is 5.26 Å². The summed E-state index contributed by atoms with van der Waals surface area (Å²) in [5, 5.41) is 12.8. The maximum Gasteiger partial charge on any atom is 0.252 e. The molecule has 0 bridgehead atoms. The van der Waals surface area contributed by atoms with Crippen LogP contribution in [0.15, 0.2) is 46.0 Å². The first-order chi connectivity index (χ1) is 12.4. The molecule has 0 aliphatic rings. The van der Waals surface area contributed by atoms with Crippen LogP contribution in [-0.2, 0) is 14.8 Å². The molecule has 1 aromatic heterocycles. The molecule has 1 amide bonds. The first kappa shape index (κ1) is 19.9. The number of nitrogens with zero attached hydrogens (tertiary/aromatic N) is 2. The van der Waals surface area contributed by atoms with Gasteiger partial charge in [0.25, 0.3) is 10.0 Å². The fourth-order valence-corrected chi connectivity index (χ4v) is 4.38. The lowest BCUT2D eigenvalue weighted by molar-refractivity contribution is -0.116. The van der Waals surface area contributed by atoms with E-state index in [-0.39, 0.29) is 10.8 Å². The molecule has 1 aromatic carbocycles. The number of carbonyl (C=O) groups excluding carboxylic acids is 1. The Kier molecular flexibility index (Phi) is 7.15. The molecule has 0 radical (unpaired) electrons. The van der Waals surface area contributed by atoms with Crippen LogP contribution in [-0.4, -0.2) is 38.8 Å². The van der Waals surface area contributed by atoms with Gasteiger partial charge in [-0.1, -0.05) is 12.1 Å². The molecule has 2 aromatic rings. The third-order valence-corrected chi connectivity index (χ3v) is 6.52. The number of thiophene rings is 1. The molecule has 0 saturated carbocycles. The number of ether oxygens (including phenoxy) is 1. The van der Waals surface area contributed by atoms with Gasteiger partial charge < -0.3 is 10.1 Å². The maximum absolute atomic E-state index is 12.3. The Balaban J connectivity index is 1.92. The van der Waals surface area contributed by atoms with Crippen LogP contribution in [0, 0.1) is 11.3 Å². The van der Waals surface area contributed by atoms with Gasteiger partial charge >= 0.3 is 0 Å². The van der Waals surface area contributed by atoms with Gasteiger partial charge in [0, 0.05) is 25.2 Å². The Morgan fingerprint density at radius 3 is 2.85 bits per heavy atom. The van der Waals surface area contributed by atoms with E-state index in [0.29, 0.717) is 30.9 Å². The summed E-state index contributed by atoms with van der Waals surface area (Å²) in [4.78, 5) is 12.2. The standard InChI is InChI=1S/C17H19N3O4S2/c1-20(26(22,23)17-8-5-11-25-17)13-16(21)19-14-6-4-7-15(12-14)24-10-3-2-9-18/h4-8,11-12H,2-3,10,13H2,1H3,(H,19,21). The second-order valence-corrected chi connectivity index (χ2v) is 8.60. The summed E-state index contributed by atoms with van der Waals surface area (Å²) in [5.74, 6) is 0.120. The van der Waals surface area contributed by atoms with Crippen LogP contribution >= 0.6 is 11.3 Å². The van der Waals surface area contributed by atoms with Gasteiger partial charge in [-0.05, 0) is 30.0 Å². The molecular weight excluding hydrogens is 374 g/mol. The largest absolute Gasteiger partial charge is 0.493 e. The second kappa shape index (κ2) is 9.33. The maximum atomic E-state index is 12.3. The molecule has 0 spiro atoms. The number of anilines is 1. The van der Waals surface area contributed by atoms with Crippen molar-refractivity contribution >= 4 is 33.0 Å². The number of unbranched alkanes of at least 4 members (excludes halogenated alkanes) is 1. The molecular formula is C17H19N3O4S2. The molecule has 1 N–H and O–H groups in total. The molecule has 7 nitrogen and oxygen atoms in total. The Hall–Kier alpha value is -2.41. The van der Waals surface area contributed by atoms with Crippen LogP contribution in [0.4, 0.5) is 5.69 Å². The Bertz CT molecular complexity index is 874. The van der Waals surface area contributed by atoms with E-state index in [1.165, 1.54) is 13.1 Å². The van der Waals surface area contributed by atoms with Gasteiger partial charge in [0.2, 0.25) is 5.91 Å². The zero-order valence-electron chi connectivity index (χ0n) is 14.2. The third-order valence-electron chi connectivity index (χ3n) is 3.35. The highest BCUT2D eigenvalue weighted by atomic mass is 32.2. The van der Waals surface area contributed by atoms with Gasteiger partial charge in [-0.2, -0.15) is 9.57 Å². The third kappa shape index (κ3) is 5.56. The number of hydrogen-bond donors (Lipinski definition) is 1. The van der Waals surface area contributed by atoms with Crippen LogP contribution in [0.5, 0.6) is 5.75 Å². The number of amides is 1. The minimum Gasteiger partial charge on any atom is -0.493 e. The van der Waals surface area contributed by atoms with E-state index in [1.54, 1.807) is 35.7 Å². The summed E-state index contributed by atoms with van der Waals surface area (Å²) >= 11 is 1.10. The highest BCUT2D eigenvalue weighted by Crippen LogP contribution is 2.20.